The second kappa shape index (κ2) is 8.47. The highest BCUT2D eigenvalue weighted by Gasteiger charge is 2.30. The van der Waals surface area contributed by atoms with Gasteiger partial charge in [0.1, 0.15) is 11.2 Å². The summed E-state index contributed by atoms with van der Waals surface area (Å²) in [4.78, 5) is 43.7. The monoisotopic (exact) mass is 468 g/mol. The van der Waals surface area contributed by atoms with E-state index in [1.54, 1.807) is 11.9 Å². The van der Waals surface area contributed by atoms with Crippen LogP contribution in [0.15, 0.2) is 23.0 Å². The van der Waals surface area contributed by atoms with Crippen LogP contribution >= 0.6 is 0 Å². The Hall–Kier alpha value is -3.89. The molecule has 0 unspecified atom stereocenters. The molecule has 0 atom stereocenters. The summed E-state index contributed by atoms with van der Waals surface area (Å²) in [6.45, 7) is 1.20. The Kier molecular flexibility index (Phi) is 5.46. The lowest BCUT2D eigenvalue weighted by Gasteiger charge is -2.18. The van der Waals surface area contributed by atoms with Gasteiger partial charge in [0.05, 0.1) is 24.0 Å². The number of hydrogen-bond acceptors (Lipinski definition) is 6. The predicted octanol–water partition coefficient (Wildman–Crippen LogP) is 2.74. The van der Waals surface area contributed by atoms with Gasteiger partial charge in [-0.2, -0.15) is 0 Å². The highest BCUT2D eigenvalue weighted by atomic mass is 19.1. The number of aryl methyl sites for hydroxylation is 1. The maximum absolute atomic E-state index is 15.3. The number of fused-ring (bicyclic) bond motifs is 1. The van der Waals surface area contributed by atoms with E-state index in [-0.39, 0.29) is 57.1 Å². The average molecular weight is 468 g/mol. The first-order chi connectivity index (χ1) is 16.4. The molecular formula is C23H25FN6O4. The average Bonchev–Trinajstić information content (AvgIpc) is 3.44. The first-order valence-electron chi connectivity index (χ1n) is 11.2. The summed E-state index contributed by atoms with van der Waals surface area (Å²) in [5, 5.41) is 8.91. The van der Waals surface area contributed by atoms with E-state index < -0.39 is 5.82 Å². The SMILES string of the molecule is COc1c(Nc2cc(NC(=O)C3CC3)nc3[nH]n(C)c(=O)c23)ccc(C(=O)N2CCCC2)c1F. The number of pyridine rings is 1. The van der Waals surface area contributed by atoms with Gasteiger partial charge in [-0.05, 0) is 37.8 Å². The number of methoxy groups -OCH3 is 1. The lowest BCUT2D eigenvalue weighted by Crippen LogP contribution is -2.28. The molecule has 0 spiro atoms. The van der Waals surface area contributed by atoms with Crippen molar-refractivity contribution >= 4 is 40.0 Å². The molecule has 1 aliphatic heterocycles. The van der Waals surface area contributed by atoms with Crippen LogP contribution in [0.1, 0.15) is 36.0 Å². The van der Waals surface area contributed by atoms with Gasteiger partial charge in [0.15, 0.2) is 17.2 Å². The number of aromatic amines is 1. The summed E-state index contributed by atoms with van der Waals surface area (Å²) in [6.07, 6.45) is 3.46. The minimum Gasteiger partial charge on any atom is -0.492 e. The Morgan fingerprint density at radius 1 is 1.21 bits per heavy atom. The number of H-pyrrole nitrogens is 1. The number of amides is 2. The molecular weight excluding hydrogens is 443 g/mol. The molecule has 1 aliphatic carbocycles. The van der Waals surface area contributed by atoms with Gasteiger partial charge in [0.2, 0.25) is 5.91 Å². The molecule has 34 heavy (non-hydrogen) atoms. The molecule has 178 valence electrons. The van der Waals surface area contributed by atoms with Crippen LogP contribution in [-0.4, -0.2) is 51.7 Å². The number of nitrogens with zero attached hydrogens (tertiary/aromatic N) is 3. The molecule has 1 saturated carbocycles. The maximum Gasteiger partial charge on any atom is 0.277 e. The number of hydrogen-bond donors (Lipinski definition) is 3. The van der Waals surface area contributed by atoms with E-state index in [0.29, 0.717) is 18.8 Å². The zero-order chi connectivity index (χ0) is 24.0. The fourth-order valence-electron chi connectivity index (χ4n) is 4.21. The van der Waals surface area contributed by atoms with Crippen LogP contribution < -0.4 is 20.9 Å². The molecule has 3 N–H and O–H groups in total. The highest BCUT2D eigenvalue weighted by Crippen LogP contribution is 2.36. The summed E-state index contributed by atoms with van der Waals surface area (Å²) < 4.78 is 21.9. The van der Waals surface area contributed by atoms with Gasteiger partial charge in [-0.1, -0.05) is 0 Å². The van der Waals surface area contributed by atoms with Gasteiger partial charge in [0.25, 0.3) is 11.5 Å². The van der Waals surface area contributed by atoms with Gasteiger partial charge in [-0.15, -0.1) is 0 Å². The normalized spacial score (nSPS) is 15.6. The van der Waals surface area contributed by atoms with Crippen molar-refractivity contribution in [1.82, 2.24) is 19.7 Å². The Balaban J connectivity index is 1.54. The molecule has 3 aromatic rings. The van der Waals surface area contributed by atoms with Crippen LogP contribution in [0.2, 0.25) is 0 Å². The van der Waals surface area contributed by atoms with E-state index in [0.717, 1.165) is 25.7 Å². The smallest absolute Gasteiger partial charge is 0.277 e. The third-order valence-electron chi connectivity index (χ3n) is 6.21. The molecule has 10 nitrogen and oxygen atoms in total. The van der Waals surface area contributed by atoms with Crippen molar-refractivity contribution in [2.45, 2.75) is 25.7 Å². The third kappa shape index (κ3) is 3.87. The van der Waals surface area contributed by atoms with Crippen LogP contribution in [0, 0.1) is 11.7 Å². The minimum atomic E-state index is -0.779. The fraction of sp³-hybridized carbons (Fsp3) is 0.391. The van der Waals surface area contributed by atoms with Crippen molar-refractivity contribution in [3.63, 3.8) is 0 Å². The number of carbonyl (C=O) groups excluding carboxylic acids is 2. The van der Waals surface area contributed by atoms with Gasteiger partial charge < -0.3 is 20.3 Å². The third-order valence-corrected chi connectivity index (χ3v) is 6.21. The molecule has 2 aromatic heterocycles. The van der Waals surface area contributed by atoms with Crippen molar-refractivity contribution in [3.8, 4) is 5.75 Å². The van der Waals surface area contributed by atoms with Gasteiger partial charge in [-0.25, -0.2) is 9.37 Å². The Morgan fingerprint density at radius 3 is 2.62 bits per heavy atom. The van der Waals surface area contributed by atoms with E-state index in [4.69, 9.17) is 4.74 Å². The zero-order valence-corrected chi connectivity index (χ0v) is 18.9. The first kappa shape index (κ1) is 21.9. The van der Waals surface area contributed by atoms with Crippen LogP contribution in [0.4, 0.5) is 21.6 Å². The Morgan fingerprint density at radius 2 is 1.94 bits per heavy atom. The molecule has 1 aromatic carbocycles. The second-order valence-electron chi connectivity index (χ2n) is 8.65. The Labute approximate surface area is 194 Å². The summed E-state index contributed by atoms with van der Waals surface area (Å²) >= 11 is 0. The van der Waals surface area contributed by atoms with Crippen molar-refractivity contribution in [2.24, 2.45) is 13.0 Å². The van der Waals surface area contributed by atoms with Crippen LogP contribution in [0.5, 0.6) is 5.75 Å². The van der Waals surface area contributed by atoms with Crippen molar-refractivity contribution < 1.29 is 18.7 Å². The number of rotatable bonds is 6. The molecule has 0 radical (unpaired) electrons. The van der Waals surface area contributed by atoms with E-state index in [2.05, 4.69) is 20.7 Å². The number of aromatic nitrogens is 3. The highest BCUT2D eigenvalue weighted by molar-refractivity contribution is 5.99. The van der Waals surface area contributed by atoms with Crippen LogP contribution in [0.25, 0.3) is 11.0 Å². The van der Waals surface area contributed by atoms with Gasteiger partial charge in [-0.3, -0.25) is 24.2 Å². The number of benzene rings is 1. The molecule has 2 fully saturated rings. The van der Waals surface area contributed by atoms with Gasteiger partial charge >= 0.3 is 0 Å². The summed E-state index contributed by atoms with van der Waals surface area (Å²) in [5.74, 6) is -1.21. The number of carbonyl (C=O) groups is 2. The molecule has 5 rings (SSSR count). The summed E-state index contributed by atoms with van der Waals surface area (Å²) in [5.41, 5.74) is 0.399. The zero-order valence-electron chi connectivity index (χ0n) is 18.9. The van der Waals surface area contributed by atoms with Crippen molar-refractivity contribution in [2.75, 3.05) is 30.8 Å². The minimum absolute atomic E-state index is 0.0291. The second-order valence-corrected chi connectivity index (χ2v) is 8.65. The maximum atomic E-state index is 15.3. The number of ether oxygens (including phenoxy) is 1. The van der Waals surface area contributed by atoms with E-state index in [1.807, 2.05) is 0 Å². The lowest BCUT2D eigenvalue weighted by molar-refractivity contribution is -0.117. The van der Waals surface area contributed by atoms with Crippen molar-refractivity contribution in [1.29, 1.82) is 0 Å². The summed E-state index contributed by atoms with van der Waals surface area (Å²) in [7, 11) is 2.86. The Bertz CT molecular complexity index is 1350. The van der Waals surface area contributed by atoms with E-state index in [9.17, 15) is 14.4 Å². The predicted molar refractivity (Wildman–Crippen MR) is 124 cm³/mol. The number of halogens is 1. The molecule has 2 aliphatic rings. The molecule has 0 bridgehead atoms. The molecule has 11 heteroatoms. The van der Waals surface area contributed by atoms with Crippen LogP contribution in [-0.2, 0) is 11.8 Å². The standard InChI is InChI=1S/C23H25FN6O4/c1-29-23(33)17-15(11-16(26-20(17)28-29)27-21(31)12-5-6-12)25-14-8-7-13(18(24)19(14)34-2)22(32)30-9-3-4-10-30/h7-8,11-12H,3-6,9-10H2,1-2H3,(H3,25,26,27,28,31). The summed E-state index contributed by atoms with van der Waals surface area (Å²) in [6, 6.07) is 4.47. The van der Waals surface area contributed by atoms with Gasteiger partial charge in [0, 0.05) is 32.1 Å². The fourth-order valence-corrected chi connectivity index (χ4v) is 4.21. The lowest BCUT2D eigenvalue weighted by atomic mass is 10.1. The first-order valence-corrected chi connectivity index (χ1v) is 11.2. The molecule has 3 heterocycles. The molecule has 2 amide bonds. The largest absolute Gasteiger partial charge is 0.492 e. The van der Waals surface area contributed by atoms with Crippen molar-refractivity contribution in [3.05, 3.63) is 39.9 Å². The topological polar surface area (TPSA) is 121 Å². The molecule has 1 saturated heterocycles. The number of anilines is 3. The van der Waals surface area contributed by atoms with E-state index in [1.165, 1.54) is 30.0 Å². The van der Waals surface area contributed by atoms with Crippen LogP contribution in [0.3, 0.4) is 0 Å². The van der Waals surface area contributed by atoms with E-state index >= 15 is 4.39 Å². The number of nitrogens with one attached hydrogen (secondary N) is 3. The number of likely N-dealkylation sites (tertiary alicyclic amines) is 1. The quantitative estimate of drug-likeness (QED) is 0.512.